The van der Waals surface area contributed by atoms with Crippen LogP contribution in [0.1, 0.15) is 53.9 Å². The number of rotatable bonds is 4. The molecule has 0 aliphatic carbocycles. The van der Waals surface area contributed by atoms with E-state index in [2.05, 4.69) is 0 Å². The molecule has 1 aliphatic heterocycles. The molecule has 0 bridgehead atoms. The van der Waals surface area contributed by atoms with Crippen LogP contribution in [0.2, 0.25) is 0 Å². The van der Waals surface area contributed by atoms with E-state index in [0.717, 1.165) is 19.3 Å². The van der Waals surface area contributed by atoms with Crippen molar-refractivity contribution >= 4 is 12.0 Å². The molecule has 128 valence electrons. The van der Waals surface area contributed by atoms with E-state index in [0.29, 0.717) is 19.6 Å². The average Bonchev–Trinajstić information content (AvgIpc) is 2.42. The van der Waals surface area contributed by atoms with Crippen molar-refractivity contribution in [3.63, 3.8) is 0 Å². The van der Waals surface area contributed by atoms with Crippen LogP contribution in [0.4, 0.5) is 4.79 Å². The Morgan fingerprint density at radius 2 is 2.00 bits per heavy atom. The van der Waals surface area contributed by atoms with Gasteiger partial charge in [-0.25, -0.2) is 4.79 Å². The maximum atomic E-state index is 12.4. The molecule has 0 spiro atoms. The van der Waals surface area contributed by atoms with Gasteiger partial charge in [0.25, 0.3) is 0 Å². The summed E-state index contributed by atoms with van der Waals surface area (Å²) in [6.45, 7) is 11.0. The molecule has 0 aromatic heterocycles. The Kier molecular flexibility index (Phi) is 6.66. The first-order chi connectivity index (χ1) is 10.2. The van der Waals surface area contributed by atoms with Crippen LogP contribution in [0.5, 0.6) is 0 Å². The van der Waals surface area contributed by atoms with Crippen molar-refractivity contribution in [2.75, 3.05) is 19.6 Å². The fourth-order valence-electron chi connectivity index (χ4n) is 2.67. The lowest BCUT2D eigenvalue weighted by Gasteiger charge is -2.39. The second kappa shape index (κ2) is 7.81. The Hall–Kier alpha value is -1.30. The zero-order chi connectivity index (χ0) is 16.9. The molecule has 2 atom stereocenters. The number of carbonyl (C=O) groups excluding carboxylic acids is 2. The molecule has 2 unspecified atom stereocenters. The number of hydrogen-bond acceptors (Lipinski definition) is 4. The van der Waals surface area contributed by atoms with Gasteiger partial charge in [-0.05, 0) is 53.9 Å². The molecule has 1 rings (SSSR count). The van der Waals surface area contributed by atoms with Crippen LogP contribution in [-0.2, 0) is 9.53 Å². The molecule has 6 nitrogen and oxygen atoms in total. The smallest absolute Gasteiger partial charge is 0.410 e. The van der Waals surface area contributed by atoms with Gasteiger partial charge in [0.2, 0.25) is 5.91 Å². The maximum Gasteiger partial charge on any atom is 0.410 e. The molecule has 1 fully saturated rings. The van der Waals surface area contributed by atoms with Crippen LogP contribution in [0, 0.1) is 0 Å². The van der Waals surface area contributed by atoms with E-state index in [1.165, 1.54) is 0 Å². The second-order valence-corrected chi connectivity index (χ2v) is 6.99. The number of nitrogens with two attached hydrogens (primary N) is 1. The fourth-order valence-corrected chi connectivity index (χ4v) is 2.67. The average molecular weight is 313 g/mol. The van der Waals surface area contributed by atoms with Gasteiger partial charge in [0.15, 0.2) is 0 Å². The Balaban J connectivity index is 2.76. The normalized spacial score (nSPS) is 20.5. The Bertz CT molecular complexity index is 391. The quantitative estimate of drug-likeness (QED) is 0.861. The third kappa shape index (κ3) is 5.48. The van der Waals surface area contributed by atoms with Gasteiger partial charge >= 0.3 is 6.09 Å². The van der Waals surface area contributed by atoms with E-state index in [4.69, 9.17) is 10.5 Å². The van der Waals surface area contributed by atoms with Gasteiger partial charge < -0.3 is 20.3 Å². The van der Waals surface area contributed by atoms with Crippen molar-refractivity contribution in [1.82, 2.24) is 9.80 Å². The van der Waals surface area contributed by atoms with Gasteiger partial charge in [0, 0.05) is 19.6 Å². The van der Waals surface area contributed by atoms with Crippen LogP contribution in [0.3, 0.4) is 0 Å². The summed E-state index contributed by atoms with van der Waals surface area (Å²) < 4.78 is 5.49. The number of carbonyl (C=O) groups is 2. The highest BCUT2D eigenvalue weighted by Crippen LogP contribution is 2.21. The number of piperidine rings is 1. The number of likely N-dealkylation sites (tertiary alicyclic amines) is 1. The van der Waals surface area contributed by atoms with Gasteiger partial charge in [-0.15, -0.1) is 0 Å². The largest absolute Gasteiger partial charge is 0.444 e. The van der Waals surface area contributed by atoms with Crippen molar-refractivity contribution in [2.24, 2.45) is 5.73 Å². The highest BCUT2D eigenvalue weighted by atomic mass is 16.6. The second-order valence-electron chi connectivity index (χ2n) is 6.99. The van der Waals surface area contributed by atoms with Gasteiger partial charge in [0.05, 0.1) is 12.1 Å². The zero-order valence-corrected chi connectivity index (χ0v) is 14.6. The van der Waals surface area contributed by atoms with Crippen molar-refractivity contribution < 1.29 is 14.3 Å². The van der Waals surface area contributed by atoms with Crippen LogP contribution in [0.25, 0.3) is 0 Å². The minimum atomic E-state index is -0.515. The van der Waals surface area contributed by atoms with Crippen LogP contribution in [-0.4, -0.2) is 59.1 Å². The molecule has 2 amide bonds. The number of ether oxygens (including phenoxy) is 1. The van der Waals surface area contributed by atoms with E-state index >= 15 is 0 Å². The molecule has 0 radical (unpaired) electrons. The molecule has 1 saturated heterocycles. The first-order valence-corrected chi connectivity index (χ1v) is 8.19. The van der Waals surface area contributed by atoms with E-state index in [-0.39, 0.29) is 18.0 Å². The first-order valence-electron chi connectivity index (χ1n) is 8.19. The Labute approximate surface area is 134 Å². The molecule has 0 saturated carbocycles. The molecule has 1 heterocycles. The van der Waals surface area contributed by atoms with Crippen molar-refractivity contribution in [1.29, 1.82) is 0 Å². The summed E-state index contributed by atoms with van der Waals surface area (Å²) in [6, 6.07) is -0.509. The number of hydrogen-bond donors (Lipinski definition) is 1. The van der Waals surface area contributed by atoms with Crippen LogP contribution in [0.15, 0.2) is 0 Å². The number of amides is 2. The molecule has 6 heteroatoms. The van der Waals surface area contributed by atoms with E-state index in [1.54, 1.807) is 16.7 Å². The summed E-state index contributed by atoms with van der Waals surface area (Å²) in [5.41, 5.74) is 5.19. The summed E-state index contributed by atoms with van der Waals surface area (Å²) in [4.78, 5) is 28.0. The predicted octanol–water partition coefficient (Wildman–Crippen LogP) is 1.97. The summed E-state index contributed by atoms with van der Waals surface area (Å²) in [5.74, 6) is -0.0720. The SMILES string of the molecule is CCN(CC1CCCCN1C(=O)OC(C)(C)C)C(=O)C(C)N. The summed E-state index contributed by atoms with van der Waals surface area (Å²) in [5, 5.41) is 0. The van der Waals surface area contributed by atoms with Gasteiger partial charge in [-0.2, -0.15) is 0 Å². The first kappa shape index (κ1) is 18.7. The van der Waals surface area contributed by atoms with Gasteiger partial charge in [-0.1, -0.05) is 0 Å². The highest BCUT2D eigenvalue weighted by Gasteiger charge is 2.32. The third-order valence-corrected chi connectivity index (χ3v) is 3.77. The molecular weight excluding hydrogens is 282 g/mol. The topological polar surface area (TPSA) is 75.9 Å². The Morgan fingerprint density at radius 3 is 2.50 bits per heavy atom. The summed E-state index contributed by atoms with van der Waals surface area (Å²) in [7, 11) is 0. The molecule has 22 heavy (non-hydrogen) atoms. The lowest BCUT2D eigenvalue weighted by molar-refractivity contribution is -0.133. The lowest BCUT2D eigenvalue weighted by atomic mass is 10.0. The molecule has 1 aliphatic rings. The monoisotopic (exact) mass is 313 g/mol. The van der Waals surface area contributed by atoms with Crippen molar-refractivity contribution in [3.05, 3.63) is 0 Å². The highest BCUT2D eigenvalue weighted by molar-refractivity contribution is 5.81. The molecular formula is C16H31N3O3. The van der Waals surface area contributed by atoms with Gasteiger partial charge in [0.1, 0.15) is 5.60 Å². The Morgan fingerprint density at radius 1 is 1.36 bits per heavy atom. The van der Waals surface area contributed by atoms with Crippen LogP contribution >= 0.6 is 0 Å². The van der Waals surface area contributed by atoms with E-state index in [9.17, 15) is 9.59 Å². The maximum absolute atomic E-state index is 12.4. The van der Waals surface area contributed by atoms with Gasteiger partial charge in [-0.3, -0.25) is 4.79 Å². The fraction of sp³-hybridized carbons (Fsp3) is 0.875. The lowest BCUT2D eigenvalue weighted by Crippen LogP contribution is -2.53. The summed E-state index contributed by atoms with van der Waals surface area (Å²) >= 11 is 0. The standard InChI is InChI=1S/C16H31N3O3/c1-6-18(14(20)12(2)17)11-13-9-7-8-10-19(13)15(21)22-16(3,4)5/h12-13H,6-11,17H2,1-5H3. The third-order valence-electron chi connectivity index (χ3n) is 3.77. The van der Waals surface area contributed by atoms with E-state index in [1.807, 2.05) is 27.7 Å². The molecule has 0 aromatic carbocycles. The molecule has 0 aromatic rings. The summed E-state index contributed by atoms with van der Waals surface area (Å²) in [6.07, 6.45) is 2.64. The number of likely N-dealkylation sites (N-methyl/N-ethyl adjacent to an activating group) is 1. The van der Waals surface area contributed by atoms with E-state index < -0.39 is 11.6 Å². The minimum Gasteiger partial charge on any atom is -0.444 e. The number of nitrogens with zero attached hydrogens (tertiary/aromatic N) is 2. The van der Waals surface area contributed by atoms with Crippen molar-refractivity contribution in [3.8, 4) is 0 Å². The van der Waals surface area contributed by atoms with Crippen molar-refractivity contribution in [2.45, 2.75) is 71.6 Å². The zero-order valence-electron chi connectivity index (χ0n) is 14.6. The minimum absolute atomic E-state index is 0.00579. The molecule has 2 N–H and O–H groups in total. The van der Waals surface area contributed by atoms with Crippen LogP contribution < -0.4 is 5.73 Å². The predicted molar refractivity (Wildman–Crippen MR) is 86.5 cm³/mol.